The molecule has 0 atom stereocenters. The Balaban J connectivity index is 0.00000133. The average molecular weight is 280 g/mol. The van der Waals surface area contributed by atoms with Crippen molar-refractivity contribution < 1.29 is 42.5 Å². The normalized spacial score (nSPS) is 11.4. The molecule has 3 nitrogen and oxygen atoms in total. The Morgan fingerprint density at radius 3 is 2.00 bits per heavy atom. The van der Waals surface area contributed by atoms with Gasteiger partial charge < -0.3 is 4.55 Å². The third-order valence-electron chi connectivity index (χ3n) is 2.98. The molecule has 0 aliphatic heterocycles. The van der Waals surface area contributed by atoms with Crippen LogP contribution in [0.25, 0.3) is 21.5 Å². The van der Waals surface area contributed by atoms with Crippen molar-refractivity contribution in [3.63, 3.8) is 0 Å². The van der Waals surface area contributed by atoms with Crippen LogP contribution in [0.4, 0.5) is 0 Å². The standard InChI is InChI=1S/C14H10O3S.Na/c15-18(16,17)14-7-3-6-12-8-10-4-1-2-5-11(10)9-13(12)14;/h1-9H,(H,15,16,17);/q;+1/p-1. The molecular weight excluding hydrogens is 271 g/mol. The van der Waals surface area contributed by atoms with Gasteiger partial charge in [-0.2, -0.15) is 0 Å². The molecule has 0 unspecified atom stereocenters. The van der Waals surface area contributed by atoms with Gasteiger partial charge in [-0.15, -0.1) is 0 Å². The first kappa shape index (κ1) is 14.5. The SMILES string of the molecule is O=S(=O)([O-])c1cccc2cc3ccccc3cc12.[Na+]. The number of hydrogen-bond donors (Lipinski definition) is 0. The van der Waals surface area contributed by atoms with E-state index in [0.29, 0.717) is 5.39 Å². The Labute approximate surface area is 133 Å². The van der Waals surface area contributed by atoms with E-state index in [9.17, 15) is 13.0 Å². The smallest absolute Gasteiger partial charge is 0.744 e. The van der Waals surface area contributed by atoms with Gasteiger partial charge in [-0.25, -0.2) is 8.42 Å². The van der Waals surface area contributed by atoms with Crippen molar-refractivity contribution in [3.8, 4) is 0 Å². The van der Waals surface area contributed by atoms with Crippen LogP contribution < -0.4 is 29.6 Å². The minimum Gasteiger partial charge on any atom is -0.744 e. The third kappa shape index (κ3) is 2.68. The zero-order chi connectivity index (χ0) is 12.8. The molecule has 0 aliphatic carbocycles. The molecule has 0 heterocycles. The van der Waals surface area contributed by atoms with Crippen LogP contribution in [0.3, 0.4) is 0 Å². The molecule has 0 fully saturated rings. The third-order valence-corrected chi connectivity index (χ3v) is 3.87. The Kier molecular flexibility index (Phi) is 3.99. The summed E-state index contributed by atoms with van der Waals surface area (Å²) in [5.74, 6) is 0. The second-order valence-electron chi connectivity index (χ2n) is 4.13. The minimum atomic E-state index is -4.45. The van der Waals surface area contributed by atoms with E-state index in [0.717, 1.165) is 16.2 Å². The Hall–Kier alpha value is -0.910. The first-order valence-electron chi connectivity index (χ1n) is 5.43. The van der Waals surface area contributed by atoms with E-state index >= 15 is 0 Å². The monoisotopic (exact) mass is 280 g/mol. The molecule has 0 saturated carbocycles. The summed E-state index contributed by atoms with van der Waals surface area (Å²) in [7, 11) is -4.45. The quantitative estimate of drug-likeness (QED) is 0.355. The molecular formula is C14H9NaO3S. The summed E-state index contributed by atoms with van der Waals surface area (Å²) in [6.07, 6.45) is 0. The van der Waals surface area contributed by atoms with Crippen molar-refractivity contribution >= 4 is 31.7 Å². The molecule has 0 bridgehead atoms. The van der Waals surface area contributed by atoms with E-state index < -0.39 is 10.1 Å². The summed E-state index contributed by atoms with van der Waals surface area (Å²) in [5.41, 5.74) is 0. The second-order valence-corrected chi connectivity index (χ2v) is 5.48. The van der Waals surface area contributed by atoms with Gasteiger partial charge in [0.15, 0.2) is 0 Å². The van der Waals surface area contributed by atoms with E-state index in [1.807, 2.05) is 30.3 Å². The van der Waals surface area contributed by atoms with Gasteiger partial charge in [0.2, 0.25) is 0 Å². The zero-order valence-electron chi connectivity index (χ0n) is 10.3. The largest absolute Gasteiger partial charge is 1.00 e. The van der Waals surface area contributed by atoms with E-state index in [1.165, 1.54) is 6.07 Å². The van der Waals surface area contributed by atoms with Gasteiger partial charge >= 0.3 is 29.6 Å². The van der Waals surface area contributed by atoms with E-state index in [-0.39, 0.29) is 34.5 Å². The molecule has 3 aromatic rings. The maximum Gasteiger partial charge on any atom is 1.00 e. The Morgan fingerprint density at radius 2 is 1.37 bits per heavy atom. The first-order valence-corrected chi connectivity index (χ1v) is 6.84. The maximum absolute atomic E-state index is 11.2. The number of rotatable bonds is 1. The van der Waals surface area contributed by atoms with Crippen molar-refractivity contribution in [1.82, 2.24) is 0 Å². The van der Waals surface area contributed by atoms with Crippen LogP contribution >= 0.6 is 0 Å². The zero-order valence-corrected chi connectivity index (χ0v) is 13.1. The van der Waals surface area contributed by atoms with Gasteiger partial charge in [-0.1, -0.05) is 36.4 Å². The van der Waals surface area contributed by atoms with Gasteiger partial charge in [0.25, 0.3) is 0 Å². The van der Waals surface area contributed by atoms with E-state index in [2.05, 4.69) is 0 Å². The topological polar surface area (TPSA) is 57.2 Å². The van der Waals surface area contributed by atoms with Crippen LogP contribution in [-0.2, 0) is 10.1 Å². The van der Waals surface area contributed by atoms with Crippen LogP contribution in [0.1, 0.15) is 0 Å². The summed E-state index contributed by atoms with van der Waals surface area (Å²) >= 11 is 0. The molecule has 0 amide bonds. The van der Waals surface area contributed by atoms with E-state index in [1.54, 1.807) is 18.2 Å². The van der Waals surface area contributed by atoms with Crippen LogP contribution in [0.2, 0.25) is 0 Å². The van der Waals surface area contributed by atoms with Crippen molar-refractivity contribution in [1.29, 1.82) is 0 Å². The number of fused-ring (bicyclic) bond motifs is 2. The molecule has 3 rings (SSSR count). The predicted molar refractivity (Wildman–Crippen MR) is 69.4 cm³/mol. The fourth-order valence-electron chi connectivity index (χ4n) is 2.16. The van der Waals surface area contributed by atoms with Crippen LogP contribution in [-0.4, -0.2) is 13.0 Å². The number of hydrogen-bond acceptors (Lipinski definition) is 3. The first-order chi connectivity index (χ1) is 8.55. The van der Waals surface area contributed by atoms with Crippen LogP contribution in [0, 0.1) is 0 Å². The molecule has 0 aromatic heterocycles. The molecule has 0 aliphatic rings. The van der Waals surface area contributed by atoms with Gasteiger partial charge in [0.05, 0.1) is 4.90 Å². The van der Waals surface area contributed by atoms with Crippen molar-refractivity contribution in [2.75, 3.05) is 0 Å². The fraction of sp³-hybridized carbons (Fsp3) is 0. The summed E-state index contributed by atoms with van der Waals surface area (Å²) in [4.78, 5) is -0.161. The van der Waals surface area contributed by atoms with Gasteiger partial charge in [-0.05, 0) is 39.7 Å². The fourth-order valence-corrected chi connectivity index (χ4v) is 2.85. The van der Waals surface area contributed by atoms with E-state index in [4.69, 9.17) is 0 Å². The molecule has 3 aromatic carbocycles. The van der Waals surface area contributed by atoms with Gasteiger partial charge in [-0.3, -0.25) is 0 Å². The van der Waals surface area contributed by atoms with Crippen molar-refractivity contribution in [3.05, 3.63) is 54.6 Å². The average Bonchev–Trinajstić information content (AvgIpc) is 2.34. The van der Waals surface area contributed by atoms with Crippen LogP contribution in [0.5, 0.6) is 0 Å². The van der Waals surface area contributed by atoms with Crippen LogP contribution in [0.15, 0.2) is 59.5 Å². The number of benzene rings is 3. The molecule has 0 spiro atoms. The van der Waals surface area contributed by atoms with Gasteiger partial charge in [0.1, 0.15) is 10.1 Å². The molecule has 0 N–H and O–H groups in total. The van der Waals surface area contributed by atoms with Crippen molar-refractivity contribution in [2.45, 2.75) is 4.90 Å². The van der Waals surface area contributed by atoms with Crippen molar-refractivity contribution in [2.24, 2.45) is 0 Å². The summed E-state index contributed by atoms with van der Waals surface area (Å²) in [5, 5.41) is 3.17. The summed E-state index contributed by atoms with van der Waals surface area (Å²) < 4.78 is 33.7. The minimum absolute atomic E-state index is 0. The predicted octanol–water partition coefficient (Wildman–Crippen LogP) is -0.0989. The maximum atomic E-state index is 11.2. The summed E-state index contributed by atoms with van der Waals surface area (Å²) in [6.45, 7) is 0. The second kappa shape index (κ2) is 5.23. The Morgan fingerprint density at radius 1 is 0.789 bits per heavy atom. The molecule has 0 saturated heterocycles. The molecule has 5 heteroatoms. The molecule has 90 valence electrons. The molecule has 19 heavy (non-hydrogen) atoms. The van der Waals surface area contributed by atoms with Gasteiger partial charge in [0, 0.05) is 0 Å². The molecule has 0 radical (unpaired) electrons. The summed E-state index contributed by atoms with van der Waals surface area (Å²) in [6, 6.07) is 16.0. The Bertz CT molecular complexity index is 857.